The lowest BCUT2D eigenvalue weighted by Gasteiger charge is -2.07. The number of thioether (sulfide) groups is 1. The van der Waals surface area contributed by atoms with Crippen molar-refractivity contribution >= 4 is 58.3 Å². The Bertz CT molecular complexity index is 1310. The van der Waals surface area contributed by atoms with Gasteiger partial charge in [0.15, 0.2) is 0 Å². The van der Waals surface area contributed by atoms with Crippen molar-refractivity contribution in [1.29, 1.82) is 5.26 Å². The van der Waals surface area contributed by atoms with E-state index in [4.69, 9.17) is 11.6 Å². The highest BCUT2D eigenvalue weighted by molar-refractivity contribution is 8.00. The van der Waals surface area contributed by atoms with Gasteiger partial charge in [0.05, 0.1) is 15.6 Å². The van der Waals surface area contributed by atoms with Crippen LogP contribution in [0.4, 0.5) is 17.1 Å². The number of para-hydroxylation sites is 1. The van der Waals surface area contributed by atoms with Gasteiger partial charge in [0.2, 0.25) is 5.91 Å². The molecule has 0 heterocycles. The molecule has 0 spiro atoms. The second kappa shape index (κ2) is 11.7. The molecule has 0 aliphatic heterocycles. The lowest BCUT2D eigenvalue weighted by molar-refractivity contribution is -0.387. The molecular formula is C24H17ClN4O4S. The number of halogens is 1. The summed E-state index contributed by atoms with van der Waals surface area (Å²) in [4.78, 5) is 35.9. The van der Waals surface area contributed by atoms with E-state index in [-0.39, 0.29) is 27.8 Å². The summed E-state index contributed by atoms with van der Waals surface area (Å²) in [6.45, 7) is 0. The molecule has 0 bridgehead atoms. The Morgan fingerprint density at radius 2 is 1.76 bits per heavy atom. The number of nitrogens with zero attached hydrogens (tertiary/aromatic N) is 2. The predicted octanol–water partition coefficient (Wildman–Crippen LogP) is 5.52. The van der Waals surface area contributed by atoms with E-state index >= 15 is 0 Å². The van der Waals surface area contributed by atoms with E-state index in [0.29, 0.717) is 22.0 Å². The molecule has 34 heavy (non-hydrogen) atoms. The van der Waals surface area contributed by atoms with Crippen molar-refractivity contribution in [2.24, 2.45) is 0 Å². The van der Waals surface area contributed by atoms with Gasteiger partial charge in [-0.15, -0.1) is 11.8 Å². The summed E-state index contributed by atoms with van der Waals surface area (Å²) in [7, 11) is 0. The van der Waals surface area contributed by atoms with E-state index in [9.17, 15) is 25.0 Å². The highest BCUT2D eigenvalue weighted by atomic mass is 35.5. The molecule has 3 aromatic carbocycles. The molecule has 8 nitrogen and oxygen atoms in total. The van der Waals surface area contributed by atoms with Crippen molar-refractivity contribution in [1.82, 2.24) is 0 Å². The third-order valence-corrected chi connectivity index (χ3v) is 5.65. The molecule has 0 saturated carbocycles. The number of benzene rings is 3. The monoisotopic (exact) mass is 492 g/mol. The van der Waals surface area contributed by atoms with Crippen LogP contribution in [0.2, 0.25) is 5.02 Å². The number of nitrogens with one attached hydrogen (secondary N) is 2. The van der Waals surface area contributed by atoms with Gasteiger partial charge in [0.25, 0.3) is 11.6 Å². The molecular weight excluding hydrogens is 476 g/mol. The van der Waals surface area contributed by atoms with Gasteiger partial charge in [0.1, 0.15) is 11.6 Å². The van der Waals surface area contributed by atoms with E-state index in [1.165, 1.54) is 30.3 Å². The summed E-state index contributed by atoms with van der Waals surface area (Å²) in [5, 5.41) is 26.7. The normalized spacial score (nSPS) is 10.8. The molecule has 0 unspecified atom stereocenters. The smallest absolute Gasteiger partial charge is 0.283 e. The van der Waals surface area contributed by atoms with Crippen LogP contribution in [0.1, 0.15) is 5.56 Å². The molecule has 2 N–H and O–H groups in total. The van der Waals surface area contributed by atoms with Gasteiger partial charge in [0, 0.05) is 22.5 Å². The summed E-state index contributed by atoms with van der Waals surface area (Å²) in [6, 6.07) is 21.4. The molecule has 0 radical (unpaired) electrons. The van der Waals surface area contributed by atoms with Crippen molar-refractivity contribution in [2.75, 3.05) is 16.4 Å². The van der Waals surface area contributed by atoms with Gasteiger partial charge in [-0.25, -0.2) is 0 Å². The zero-order valence-corrected chi connectivity index (χ0v) is 19.1. The lowest BCUT2D eigenvalue weighted by Crippen LogP contribution is -2.14. The molecule has 0 fully saturated rings. The molecule has 3 aromatic rings. The quantitative estimate of drug-likeness (QED) is 0.140. The maximum atomic E-state index is 12.4. The van der Waals surface area contributed by atoms with E-state index in [1.807, 2.05) is 6.07 Å². The van der Waals surface area contributed by atoms with Crippen LogP contribution in [0.25, 0.3) is 6.08 Å². The highest BCUT2D eigenvalue weighted by Gasteiger charge is 2.17. The van der Waals surface area contributed by atoms with Crippen molar-refractivity contribution in [3.05, 3.63) is 99.1 Å². The molecule has 170 valence electrons. The topological polar surface area (TPSA) is 125 Å². The van der Waals surface area contributed by atoms with Gasteiger partial charge in [-0.1, -0.05) is 41.9 Å². The van der Waals surface area contributed by atoms with E-state index in [0.717, 1.165) is 11.8 Å². The number of nitro groups is 1. The van der Waals surface area contributed by atoms with Crippen LogP contribution in [-0.2, 0) is 9.59 Å². The first-order valence-corrected chi connectivity index (χ1v) is 11.2. The Kier molecular flexibility index (Phi) is 8.40. The molecule has 10 heteroatoms. The Hall–Kier alpha value is -4.13. The Morgan fingerprint density at radius 1 is 1.03 bits per heavy atom. The van der Waals surface area contributed by atoms with Crippen LogP contribution < -0.4 is 10.6 Å². The summed E-state index contributed by atoms with van der Waals surface area (Å²) in [5.74, 6) is -1.02. The minimum Gasteiger partial charge on any atom is -0.325 e. The zero-order valence-electron chi connectivity index (χ0n) is 17.5. The molecule has 3 rings (SSSR count). The molecule has 0 aromatic heterocycles. The zero-order chi connectivity index (χ0) is 24.5. The fraction of sp³-hybridized carbons (Fsp3) is 0.0417. The minimum absolute atomic E-state index is 0.0313. The molecule has 2 amide bonds. The minimum atomic E-state index is -0.677. The molecule has 0 atom stereocenters. The SMILES string of the molecule is N#C/C(=C\c1ccc(SCC(=O)Nc2ccccc2)c([N+](=O)[O-])c1)C(=O)Nc1cccc(Cl)c1. The van der Waals surface area contributed by atoms with E-state index in [2.05, 4.69) is 10.6 Å². The van der Waals surface area contributed by atoms with Gasteiger partial charge in [-0.3, -0.25) is 19.7 Å². The molecule has 0 saturated heterocycles. The number of carbonyl (C=O) groups is 2. The molecule has 0 aliphatic rings. The van der Waals surface area contributed by atoms with Crippen molar-refractivity contribution < 1.29 is 14.5 Å². The summed E-state index contributed by atoms with van der Waals surface area (Å²) >= 11 is 6.91. The number of carbonyl (C=O) groups excluding carboxylic acids is 2. The first-order chi connectivity index (χ1) is 16.4. The first-order valence-electron chi connectivity index (χ1n) is 9.80. The summed E-state index contributed by atoms with van der Waals surface area (Å²) in [6.07, 6.45) is 1.25. The summed E-state index contributed by atoms with van der Waals surface area (Å²) in [5.41, 5.74) is 0.853. The number of rotatable bonds is 8. The van der Waals surface area contributed by atoms with Gasteiger partial charge >= 0.3 is 0 Å². The number of anilines is 2. The van der Waals surface area contributed by atoms with Gasteiger partial charge in [-0.2, -0.15) is 5.26 Å². The van der Waals surface area contributed by atoms with Crippen molar-refractivity contribution in [3.63, 3.8) is 0 Å². The fourth-order valence-corrected chi connectivity index (χ4v) is 3.83. The van der Waals surface area contributed by atoms with Crippen molar-refractivity contribution in [2.45, 2.75) is 4.90 Å². The average molecular weight is 493 g/mol. The highest BCUT2D eigenvalue weighted by Crippen LogP contribution is 2.31. The average Bonchev–Trinajstić information content (AvgIpc) is 2.82. The lowest BCUT2D eigenvalue weighted by atomic mass is 10.1. The number of nitriles is 1. The number of amides is 2. The van der Waals surface area contributed by atoms with E-state index in [1.54, 1.807) is 48.5 Å². The summed E-state index contributed by atoms with van der Waals surface area (Å²) < 4.78 is 0. The number of hydrogen-bond acceptors (Lipinski definition) is 6. The van der Waals surface area contributed by atoms with Gasteiger partial charge < -0.3 is 10.6 Å². The second-order valence-corrected chi connectivity index (χ2v) is 8.28. The van der Waals surface area contributed by atoms with Crippen LogP contribution in [0.5, 0.6) is 0 Å². The third-order valence-electron chi connectivity index (χ3n) is 4.35. The maximum absolute atomic E-state index is 12.4. The number of nitro benzene ring substituents is 1. The standard InChI is InChI=1S/C24H17ClN4O4S/c25-18-5-4-8-20(13-18)28-24(31)17(14-26)11-16-9-10-22(21(12-16)29(32)33)34-15-23(30)27-19-6-2-1-3-7-19/h1-13H,15H2,(H,27,30)(H,28,31)/b17-11+. The Morgan fingerprint density at radius 3 is 2.44 bits per heavy atom. The maximum Gasteiger partial charge on any atom is 0.283 e. The Labute approximate surface area is 204 Å². The van der Waals surface area contributed by atoms with Crippen LogP contribution in [0.3, 0.4) is 0 Å². The van der Waals surface area contributed by atoms with E-state index < -0.39 is 10.8 Å². The van der Waals surface area contributed by atoms with Crippen LogP contribution >= 0.6 is 23.4 Å². The van der Waals surface area contributed by atoms with Crippen LogP contribution in [0.15, 0.2) is 83.3 Å². The Balaban J connectivity index is 1.73. The molecule has 0 aliphatic carbocycles. The van der Waals surface area contributed by atoms with Crippen LogP contribution in [-0.4, -0.2) is 22.5 Å². The largest absolute Gasteiger partial charge is 0.325 e. The number of hydrogen-bond donors (Lipinski definition) is 2. The van der Waals surface area contributed by atoms with Crippen LogP contribution in [0, 0.1) is 21.4 Å². The first kappa shape index (κ1) is 24.5. The van der Waals surface area contributed by atoms with Gasteiger partial charge in [-0.05, 0) is 48.0 Å². The fourth-order valence-electron chi connectivity index (χ4n) is 2.83. The third kappa shape index (κ3) is 6.93. The van der Waals surface area contributed by atoms with Crippen molar-refractivity contribution in [3.8, 4) is 6.07 Å². The predicted molar refractivity (Wildman–Crippen MR) is 133 cm³/mol. The second-order valence-electron chi connectivity index (χ2n) is 6.82.